The van der Waals surface area contributed by atoms with Crippen molar-refractivity contribution in [2.75, 3.05) is 25.0 Å². The number of hydrogen-bond acceptors (Lipinski definition) is 6. The zero-order valence-electron chi connectivity index (χ0n) is 18.6. The maximum absolute atomic E-state index is 14.5. The number of aromatic nitrogens is 4. The third-order valence-electron chi connectivity index (χ3n) is 5.95. The predicted octanol–water partition coefficient (Wildman–Crippen LogP) is 4.97. The fourth-order valence-electron chi connectivity index (χ4n) is 4.24. The molecule has 176 valence electrons. The lowest BCUT2D eigenvalue weighted by molar-refractivity contribution is 0.275. The van der Waals surface area contributed by atoms with Gasteiger partial charge >= 0.3 is 0 Å². The van der Waals surface area contributed by atoms with Gasteiger partial charge in [-0.2, -0.15) is 0 Å². The molecule has 7 nitrogen and oxygen atoms in total. The van der Waals surface area contributed by atoms with Gasteiger partial charge in [-0.3, -0.25) is 0 Å². The van der Waals surface area contributed by atoms with E-state index in [-0.39, 0.29) is 11.7 Å². The topological polar surface area (TPSA) is 92.8 Å². The van der Waals surface area contributed by atoms with Gasteiger partial charge < -0.3 is 14.9 Å². The van der Waals surface area contributed by atoms with Crippen LogP contribution < -0.4 is 5.32 Å². The van der Waals surface area contributed by atoms with Crippen LogP contribution in [0.4, 0.5) is 10.2 Å². The number of pyridine rings is 1. The molecule has 10 heteroatoms. The van der Waals surface area contributed by atoms with Crippen molar-refractivity contribution in [2.24, 2.45) is 5.92 Å². The number of nitrogens with zero attached hydrogens (tertiary/aromatic N) is 4. The van der Waals surface area contributed by atoms with Gasteiger partial charge in [-0.25, -0.2) is 19.3 Å². The maximum Gasteiger partial charge on any atom is 0.183 e. The highest BCUT2D eigenvalue weighted by Crippen LogP contribution is 2.29. The van der Waals surface area contributed by atoms with Crippen LogP contribution in [-0.2, 0) is 11.4 Å². The molecule has 4 aromatic rings. The molecule has 5 rings (SSSR count). The molecule has 0 radical (unpaired) electrons. The second-order valence-corrected chi connectivity index (χ2v) is 10.4. The van der Waals surface area contributed by atoms with Crippen molar-refractivity contribution in [3.63, 3.8) is 0 Å². The number of aromatic amines is 1. The van der Waals surface area contributed by atoms with Gasteiger partial charge in [-0.05, 0) is 49.4 Å². The van der Waals surface area contributed by atoms with Crippen molar-refractivity contribution in [3.8, 4) is 11.4 Å². The Labute approximate surface area is 205 Å². The van der Waals surface area contributed by atoms with Crippen LogP contribution in [-0.4, -0.2) is 48.4 Å². The normalized spacial score (nSPS) is 17.7. The molecular formula is C24H24ClFN6OS. The Morgan fingerprint density at radius 3 is 3.03 bits per heavy atom. The zero-order chi connectivity index (χ0) is 23.7. The molecule has 0 aliphatic carbocycles. The molecule has 1 fully saturated rings. The molecule has 1 aromatic carbocycles. The van der Waals surface area contributed by atoms with E-state index in [0.29, 0.717) is 35.1 Å². The lowest BCUT2D eigenvalue weighted by Gasteiger charge is -2.32. The molecule has 3 aromatic heterocycles. The number of benzene rings is 1. The number of anilines is 1. The summed E-state index contributed by atoms with van der Waals surface area (Å²) in [6.07, 6.45) is 6.37. The monoisotopic (exact) mass is 498 g/mol. The Morgan fingerprint density at radius 1 is 1.29 bits per heavy atom. The quantitative estimate of drug-likeness (QED) is 0.365. The Bertz CT molecular complexity index is 1320. The molecule has 0 amide bonds. The number of halogens is 2. The molecule has 4 heterocycles. The second kappa shape index (κ2) is 9.87. The molecule has 2 N–H and O–H groups in total. The minimum Gasteiger partial charge on any atom is -0.593 e. The molecule has 1 saturated heterocycles. The Hall–Kier alpha value is -2.72. The number of H-pyrrole nitrogens is 1. The van der Waals surface area contributed by atoms with Gasteiger partial charge in [0.1, 0.15) is 5.65 Å². The molecule has 0 bridgehead atoms. The first-order valence-electron chi connectivity index (χ1n) is 11.1. The summed E-state index contributed by atoms with van der Waals surface area (Å²) >= 11 is 4.89. The lowest BCUT2D eigenvalue weighted by Crippen LogP contribution is -2.41. The van der Waals surface area contributed by atoms with Crippen molar-refractivity contribution in [2.45, 2.75) is 24.7 Å². The second-order valence-electron chi connectivity index (χ2n) is 8.49. The number of hydrogen-bond donors (Lipinski definition) is 2. The molecule has 2 atom stereocenters. The molecule has 34 heavy (non-hydrogen) atoms. The first kappa shape index (κ1) is 23.0. The van der Waals surface area contributed by atoms with E-state index in [1.165, 1.54) is 6.20 Å². The van der Waals surface area contributed by atoms with Crippen molar-refractivity contribution in [1.29, 1.82) is 0 Å². The molecule has 1 aliphatic heterocycles. The zero-order valence-corrected chi connectivity index (χ0v) is 20.2. The van der Waals surface area contributed by atoms with E-state index in [9.17, 15) is 8.94 Å². The minimum absolute atomic E-state index is 0.145. The first-order valence-corrected chi connectivity index (χ1v) is 12.6. The van der Waals surface area contributed by atoms with Crippen LogP contribution >= 0.6 is 11.6 Å². The molecule has 1 aliphatic rings. The van der Waals surface area contributed by atoms with Gasteiger partial charge in [-0.1, -0.05) is 23.7 Å². The number of fused-ring (bicyclic) bond motifs is 1. The van der Waals surface area contributed by atoms with Crippen LogP contribution in [0.15, 0.2) is 53.8 Å². The highest BCUT2D eigenvalue weighted by molar-refractivity contribution is 7.89. The van der Waals surface area contributed by atoms with E-state index in [2.05, 4.69) is 25.3 Å². The Morgan fingerprint density at radius 2 is 2.18 bits per heavy atom. The van der Waals surface area contributed by atoms with E-state index < -0.39 is 17.2 Å². The van der Waals surface area contributed by atoms with Crippen LogP contribution in [0.1, 0.15) is 18.4 Å². The number of piperidine rings is 1. The summed E-state index contributed by atoms with van der Waals surface area (Å²) in [5.41, 5.74) is 2.44. The van der Waals surface area contributed by atoms with E-state index in [4.69, 9.17) is 11.6 Å². The molecular weight excluding hydrogens is 475 g/mol. The number of rotatable bonds is 6. The summed E-state index contributed by atoms with van der Waals surface area (Å²) < 4.78 is 29.6. The van der Waals surface area contributed by atoms with Crippen molar-refractivity contribution in [1.82, 2.24) is 24.2 Å². The van der Waals surface area contributed by atoms with Crippen LogP contribution in [0.3, 0.4) is 0 Å². The van der Waals surface area contributed by atoms with E-state index in [0.717, 1.165) is 35.2 Å². The fraction of sp³-hybridized carbons (Fsp3) is 0.292. The van der Waals surface area contributed by atoms with Gasteiger partial charge in [0.2, 0.25) is 0 Å². The fourth-order valence-corrected chi connectivity index (χ4v) is 5.82. The summed E-state index contributed by atoms with van der Waals surface area (Å²) in [7, 11) is 0. The van der Waals surface area contributed by atoms with Crippen LogP contribution in [0, 0.1) is 18.7 Å². The summed E-state index contributed by atoms with van der Waals surface area (Å²) in [6, 6.07) is 9.56. The van der Waals surface area contributed by atoms with Gasteiger partial charge in [0.25, 0.3) is 0 Å². The summed E-state index contributed by atoms with van der Waals surface area (Å²) in [6.45, 7) is 3.96. The Balaban J connectivity index is 1.29. The molecule has 0 saturated carbocycles. The standard InChI is InChI=1S/C24H24ClFN6OS/c1-15-4-2-6-18(8-15)34(33)32-7-3-5-16(14-32)10-27-24-21(26)13-30-23(31-24)20-12-29-22-19(20)9-17(25)11-28-22/h2,4,6,8-9,11-13,16H,3,5,7,10,14H2,1H3,(H,28,29)(H,27,30,31). The average Bonchev–Trinajstić information content (AvgIpc) is 3.26. The van der Waals surface area contributed by atoms with Crippen LogP contribution in [0.2, 0.25) is 5.02 Å². The third kappa shape index (κ3) is 4.88. The number of aryl methyl sites for hydroxylation is 1. The van der Waals surface area contributed by atoms with Gasteiger partial charge in [0.15, 0.2) is 22.4 Å². The minimum atomic E-state index is -1.21. The molecule has 0 spiro atoms. The highest BCUT2D eigenvalue weighted by Gasteiger charge is 2.29. The SMILES string of the molecule is Cc1cccc([S+]([O-])N2CCCC(CNc3nc(-c4c[nH]c5ncc(Cl)cc45)ncc3F)C2)c1. The highest BCUT2D eigenvalue weighted by atomic mass is 35.5. The molecule has 2 unspecified atom stereocenters. The van der Waals surface area contributed by atoms with Crippen molar-refractivity contribution >= 4 is 39.8 Å². The first-order chi connectivity index (χ1) is 16.5. The van der Waals surface area contributed by atoms with Crippen LogP contribution in [0.5, 0.6) is 0 Å². The average molecular weight is 499 g/mol. The van der Waals surface area contributed by atoms with E-state index in [1.807, 2.05) is 35.5 Å². The smallest absolute Gasteiger partial charge is 0.183 e. The van der Waals surface area contributed by atoms with Crippen molar-refractivity contribution < 1.29 is 8.94 Å². The third-order valence-corrected chi connectivity index (χ3v) is 7.61. The van der Waals surface area contributed by atoms with Crippen LogP contribution in [0.25, 0.3) is 22.4 Å². The summed E-state index contributed by atoms with van der Waals surface area (Å²) in [4.78, 5) is 16.7. The van der Waals surface area contributed by atoms with Gasteiger partial charge in [-0.15, -0.1) is 4.31 Å². The lowest BCUT2D eigenvalue weighted by atomic mass is 10.00. The maximum atomic E-state index is 14.5. The largest absolute Gasteiger partial charge is 0.593 e. The van der Waals surface area contributed by atoms with E-state index >= 15 is 0 Å². The van der Waals surface area contributed by atoms with Gasteiger partial charge in [0, 0.05) is 43.0 Å². The van der Waals surface area contributed by atoms with Crippen molar-refractivity contribution in [3.05, 3.63) is 65.3 Å². The summed E-state index contributed by atoms with van der Waals surface area (Å²) in [5.74, 6) is 0.225. The number of nitrogens with one attached hydrogen (secondary N) is 2. The summed E-state index contributed by atoms with van der Waals surface area (Å²) in [5, 5.41) is 4.42. The van der Waals surface area contributed by atoms with Gasteiger partial charge in [0.05, 0.1) is 22.6 Å². The Kier molecular flexibility index (Phi) is 6.69. The van der Waals surface area contributed by atoms with E-state index in [1.54, 1.807) is 18.5 Å². The predicted molar refractivity (Wildman–Crippen MR) is 132 cm³/mol.